The summed E-state index contributed by atoms with van der Waals surface area (Å²) in [5.74, 6) is 0.756. The molecule has 0 aromatic heterocycles. The second-order valence-corrected chi connectivity index (χ2v) is 6.76. The van der Waals surface area contributed by atoms with Gasteiger partial charge in [-0.25, -0.2) is 0 Å². The van der Waals surface area contributed by atoms with Crippen molar-refractivity contribution >= 4 is 23.2 Å². The molecule has 4 aromatic rings. The lowest BCUT2D eigenvalue weighted by atomic mass is 10.1. The molecule has 0 radical (unpaired) electrons. The minimum atomic E-state index is -0.273. The standard InChI is InChI=1S/C26H20N2O3/c29-25(19-9-3-1-4-10-19)27-21-17-15-20(16-18-21)26(30)28-23-13-7-8-14-24(23)31-22-11-5-2-6-12-22/h1-18H,(H,27,29)(H,28,30). The average molecular weight is 408 g/mol. The van der Waals surface area contributed by atoms with Gasteiger partial charge < -0.3 is 15.4 Å². The van der Waals surface area contributed by atoms with Crippen LogP contribution in [-0.4, -0.2) is 11.8 Å². The van der Waals surface area contributed by atoms with Crippen molar-refractivity contribution in [3.63, 3.8) is 0 Å². The zero-order chi connectivity index (χ0) is 21.5. The van der Waals surface area contributed by atoms with Gasteiger partial charge in [0.25, 0.3) is 11.8 Å². The molecule has 4 rings (SSSR count). The Balaban J connectivity index is 1.43. The van der Waals surface area contributed by atoms with Crippen LogP contribution < -0.4 is 15.4 Å². The summed E-state index contributed by atoms with van der Waals surface area (Å²) in [6, 6.07) is 32.3. The number of hydrogen-bond donors (Lipinski definition) is 2. The Morgan fingerprint density at radius 1 is 0.548 bits per heavy atom. The van der Waals surface area contributed by atoms with Crippen LogP contribution in [0.25, 0.3) is 0 Å². The molecule has 0 heterocycles. The zero-order valence-corrected chi connectivity index (χ0v) is 16.6. The van der Waals surface area contributed by atoms with E-state index >= 15 is 0 Å². The third kappa shape index (κ3) is 5.16. The lowest BCUT2D eigenvalue weighted by Gasteiger charge is -2.12. The van der Waals surface area contributed by atoms with E-state index in [0.29, 0.717) is 34.0 Å². The molecular formula is C26H20N2O3. The monoisotopic (exact) mass is 408 g/mol. The first-order chi connectivity index (χ1) is 15.2. The van der Waals surface area contributed by atoms with Crippen LogP contribution in [0, 0.1) is 0 Å². The van der Waals surface area contributed by atoms with Gasteiger partial charge in [-0.2, -0.15) is 0 Å². The normalized spacial score (nSPS) is 10.2. The quantitative estimate of drug-likeness (QED) is 0.412. The average Bonchev–Trinajstić information content (AvgIpc) is 2.82. The number of rotatable bonds is 6. The molecule has 152 valence electrons. The van der Waals surface area contributed by atoms with Crippen molar-refractivity contribution in [3.05, 3.63) is 120 Å². The molecule has 0 atom stereocenters. The van der Waals surface area contributed by atoms with Crippen LogP contribution >= 0.6 is 0 Å². The van der Waals surface area contributed by atoms with Crippen molar-refractivity contribution in [2.75, 3.05) is 10.6 Å². The minimum Gasteiger partial charge on any atom is -0.455 e. The van der Waals surface area contributed by atoms with Crippen molar-refractivity contribution in [2.45, 2.75) is 0 Å². The fourth-order valence-electron chi connectivity index (χ4n) is 2.97. The van der Waals surface area contributed by atoms with E-state index in [2.05, 4.69) is 10.6 Å². The molecule has 2 amide bonds. The van der Waals surface area contributed by atoms with Gasteiger partial charge in [0.2, 0.25) is 0 Å². The van der Waals surface area contributed by atoms with E-state index in [0.717, 1.165) is 0 Å². The second kappa shape index (κ2) is 9.41. The Bertz CT molecular complexity index is 1170. The number of carbonyl (C=O) groups is 2. The highest BCUT2D eigenvalue weighted by atomic mass is 16.5. The Morgan fingerprint density at radius 3 is 1.81 bits per heavy atom. The maximum atomic E-state index is 12.7. The van der Waals surface area contributed by atoms with Gasteiger partial charge in [0, 0.05) is 16.8 Å². The molecule has 2 N–H and O–H groups in total. The molecule has 0 aliphatic carbocycles. The van der Waals surface area contributed by atoms with Crippen molar-refractivity contribution in [1.82, 2.24) is 0 Å². The number of benzene rings is 4. The fraction of sp³-hybridized carbons (Fsp3) is 0. The van der Waals surface area contributed by atoms with Crippen molar-refractivity contribution in [3.8, 4) is 11.5 Å². The van der Waals surface area contributed by atoms with Crippen LogP contribution in [0.4, 0.5) is 11.4 Å². The molecule has 5 heteroatoms. The summed E-state index contributed by atoms with van der Waals surface area (Å²) in [7, 11) is 0. The summed E-state index contributed by atoms with van der Waals surface area (Å²) < 4.78 is 5.89. The molecule has 5 nitrogen and oxygen atoms in total. The van der Waals surface area contributed by atoms with Crippen LogP contribution in [-0.2, 0) is 0 Å². The fourth-order valence-corrected chi connectivity index (χ4v) is 2.97. The van der Waals surface area contributed by atoms with Gasteiger partial charge in [-0.15, -0.1) is 0 Å². The second-order valence-electron chi connectivity index (χ2n) is 6.76. The molecule has 0 saturated carbocycles. The van der Waals surface area contributed by atoms with E-state index in [-0.39, 0.29) is 11.8 Å². The predicted molar refractivity (Wildman–Crippen MR) is 122 cm³/mol. The van der Waals surface area contributed by atoms with Gasteiger partial charge in [-0.05, 0) is 60.7 Å². The Labute approximate surface area is 180 Å². The Hall–Kier alpha value is -4.38. The van der Waals surface area contributed by atoms with E-state index in [1.807, 2.05) is 60.7 Å². The van der Waals surface area contributed by atoms with E-state index in [4.69, 9.17) is 4.74 Å². The molecule has 0 aliphatic rings. The topological polar surface area (TPSA) is 67.4 Å². The molecule has 31 heavy (non-hydrogen) atoms. The maximum Gasteiger partial charge on any atom is 0.255 e. The first kappa shape index (κ1) is 19.9. The van der Waals surface area contributed by atoms with Gasteiger partial charge in [0.15, 0.2) is 5.75 Å². The molecule has 0 spiro atoms. The van der Waals surface area contributed by atoms with Crippen LogP contribution in [0.3, 0.4) is 0 Å². The van der Waals surface area contributed by atoms with Crippen molar-refractivity contribution in [1.29, 1.82) is 0 Å². The molecular weight excluding hydrogens is 388 g/mol. The smallest absolute Gasteiger partial charge is 0.255 e. The molecule has 0 aliphatic heterocycles. The molecule has 4 aromatic carbocycles. The number of anilines is 2. The van der Waals surface area contributed by atoms with Crippen LogP contribution in [0.15, 0.2) is 109 Å². The first-order valence-electron chi connectivity index (χ1n) is 9.79. The minimum absolute atomic E-state index is 0.204. The summed E-state index contributed by atoms with van der Waals surface area (Å²) in [4.78, 5) is 25.0. The van der Waals surface area contributed by atoms with Gasteiger partial charge >= 0.3 is 0 Å². The number of hydrogen-bond acceptors (Lipinski definition) is 3. The summed E-state index contributed by atoms with van der Waals surface area (Å²) >= 11 is 0. The molecule has 0 unspecified atom stereocenters. The van der Waals surface area contributed by atoms with Gasteiger partial charge in [-0.1, -0.05) is 48.5 Å². The van der Waals surface area contributed by atoms with Gasteiger partial charge in [0.1, 0.15) is 5.75 Å². The van der Waals surface area contributed by atoms with E-state index in [1.165, 1.54) is 0 Å². The highest BCUT2D eigenvalue weighted by Crippen LogP contribution is 2.29. The third-order valence-electron chi connectivity index (χ3n) is 4.55. The predicted octanol–water partition coefficient (Wildman–Crippen LogP) is 5.98. The number of para-hydroxylation sites is 3. The lowest BCUT2D eigenvalue weighted by Crippen LogP contribution is -2.14. The number of amides is 2. The molecule has 0 saturated heterocycles. The SMILES string of the molecule is O=C(Nc1ccc(C(=O)Nc2ccccc2Oc2ccccc2)cc1)c1ccccc1. The van der Waals surface area contributed by atoms with E-state index < -0.39 is 0 Å². The largest absolute Gasteiger partial charge is 0.455 e. The molecule has 0 fully saturated rings. The summed E-state index contributed by atoms with van der Waals surface area (Å²) in [6.07, 6.45) is 0. The maximum absolute atomic E-state index is 12.7. The number of ether oxygens (including phenoxy) is 1. The van der Waals surface area contributed by atoms with E-state index in [1.54, 1.807) is 48.5 Å². The highest BCUT2D eigenvalue weighted by molar-refractivity contribution is 6.06. The van der Waals surface area contributed by atoms with Gasteiger partial charge in [-0.3, -0.25) is 9.59 Å². The zero-order valence-electron chi connectivity index (χ0n) is 16.6. The van der Waals surface area contributed by atoms with Crippen LogP contribution in [0.5, 0.6) is 11.5 Å². The van der Waals surface area contributed by atoms with Crippen LogP contribution in [0.1, 0.15) is 20.7 Å². The summed E-state index contributed by atoms with van der Waals surface area (Å²) in [6.45, 7) is 0. The number of carbonyl (C=O) groups excluding carboxylic acids is 2. The van der Waals surface area contributed by atoms with Crippen molar-refractivity contribution in [2.24, 2.45) is 0 Å². The van der Waals surface area contributed by atoms with Gasteiger partial charge in [0.05, 0.1) is 5.69 Å². The van der Waals surface area contributed by atoms with Crippen molar-refractivity contribution < 1.29 is 14.3 Å². The summed E-state index contributed by atoms with van der Waals surface area (Å²) in [5.41, 5.74) is 2.21. The summed E-state index contributed by atoms with van der Waals surface area (Å²) in [5, 5.41) is 5.70. The molecule has 0 bridgehead atoms. The number of nitrogens with one attached hydrogen (secondary N) is 2. The Kier molecular flexibility index (Phi) is 6.05. The highest BCUT2D eigenvalue weighted by Gasteiger charge is 2.11. The van der Waals surface area contributed by atoms with E-state index in [9.17, 15) is 9.59 Å². The first-order valence-corrected chi connectivity index (χ1v) is 9.79. The van der Waals surface area contributed by atoms with Crippen LogP contribution in [0.2, 0.25) is 0 Å². The lowest BCUT2D eigenvalue weighted by molar-refractivity contribution is 0.101. The third-order valence-corrected chi connectivity index (χ3v) is 4.55. The Morgan fingerprint density at radius 2 is 1.10 bits per heavy atom.